The molecule has 1 aromatic heterocycles. The number of nitrogens with two attached hydrogens (primary N) is 1. The Bertz CT molecular complexity index is 786. The molecule has 146 valence electrons. The van der Waals surface area contributed by atoms with E-state index in [4.69, 9.17) is 10.5 Å². The Morgan fingerprint density at radius 2 is 1.93 bits per heavy atom. The minimum Gasteiger partial charge on any atom is -0.494 e. The number of carbonyl (C=O) groups excluding carboxylic acids is 1. The highest BCUT2D eigenvalue weighted by Gasteiger charge is 2.23. The molecular formula is C21H30N4O2. The molecule has 27 heavy (non-hydrogen) atoms. The number of benzene rings is 1. The molecule has 2 rings (SSSR count). The van der Waals surface area contributed by atoms with Crippen molar-refractivity contribution in [2.24, 2.45) is 5.92 Å². The number of hydrogen-bond donors (Lipinski definition) is 1. The maximum Gasteiger partial charge on any atom is 0.257 e. The predicted octanol–water partition coefficient (Wildman–Crippen LogP) is 3.94. The maximum absolute atomic E-state index is 13.0. The zero-order valence-corrected chi connectivity index (χ0v) is 17.0. The van der Waals surface area contributed by atoms with Gasteiger partial charge in [-0.05, 0) is 45.2 Å². The highest BCUT2D eigenvalue weighted by atomic mass is 16.5. The first-order chi connectivity index (χ1) is 12.9. The molecule has 0 spiro atoms. The molecule has 0 saturated heterocycles. The van der Waals surface area contributed by atoms with Crippen LogP contribution < -0.4 is 10.5 Å². The second-order valence-electron chi connectivity index (χ2n) is 6.93. The van der Waals surface area contributed by atoms with Gasteiger partial charge in [-0.2, -0.15) is 0 Å². The van der Waals surface area contributed by atoms with Gasteiger partial charge >= 0.3 is 0 Å². The lowest BCUT2D eigenvalue weighted by Gasteiger charge is -2.21. The van der Waals surface area contributed by atoms with Crippen LogP contribution >= 0.6 is 0 Å². The van der Waals surface area contributed by atoms with E-state index in [1.165, 1.54) is 0 Å². The van der Waals surface area contributed by atoms with Gasteiger partial charge in [0.25, 0.3) is 5.91 Å². The smallest absolute Gasteiger partial charge is 0.257 e. The van der Waals surface area contributed by atoms with Crippen molar-refractivity contribution in [1.29, 1.82) is 0 Å². The van der Waals surface area contributed by atoms with E-state index in [0.29, 0.717) is 42.6 Å². The highest BCUT2D eigenvalue weighted by molar-refractivity contribution is 6.01. The predicted molar refractivity (Wildman–Crippen MR) is 109 cm³/mol. The topological polar surface area (TPSA) is 81.3 Å². The van der Waals surface area contributed by atoms with E-state index in [1.54, 1.807) is 11.8 Å². The largest absolute Gasteiger partial charge is 0.494 e. The van der Waals surface area contributed by atoms with E-state index in [9.17, 15) is 4.79 Å². The maximum atomic E-state index is 13.0. The zero-order chi connectivity index (χ0) is 20.0. The third kappa shape index (κ3) is 5.18. The monoisotopic (exact) mass is 370 g/mol. The average Bonchev–Trinajstić information content (AvgIpc) is 2.62. The molecule has 0 unspecified atom stereocenters. The summed E-state index contributed by atoms with van der Waals surface area (Å²) in [6.45, 7) is 11.9. The van der Waals surface area contributed by atoms with Gasteiger partial charge in [-0.15, -0.1) is 0 Å². The number of anilines is 1. The van der Waals surface area contributed by atoms with Crippen LogP contribution in [0, 0.1) is 12.8 Å². The molecule has 2 N–H and O–H groups in total. The number of nitrogens with zero attached hydrogens (tertiary/aromatic N) is 3. The molecule has 2 aromatic rings. The summed E-state index contributed by atoms with van der Waals surface area (Å²) in [5.74, 6) is 1.41. The standard InChI is InChI=1S/C21H30N4O2/c1-6-25(7-2)20(26)18-15(5)23-21(22)24-19(18)16-9-8-10-17(13-16)27-12-11-14(3)4/h8-10,13-14H,6-7,11-12H2,1-5H3,(H2,22,23,24). The molecule has 1 aromatic carbocycles. The van der Waals surface area contributed by atoms with Crippen molar-refractivity contribution in [3.8, 4) is 17.0 Å². The lowest BCUT2D eigenvalue weighted by molar-refractivity contribution is 0.0772. The van der Waals surface area contributed by atoms with E-state index in [1.807, 2.05) is 38.1 Å². The van der Waals surface area contributed by atoms with Gasteiger partial charge in [-0.1, -0.05) is 26.0 Å². The van der Waals surface area contributed by atoms with Crippen molar-refractivity contribution in [2.75, 3.05) is 25.4 Å². The van der Waals surface area contributed by atoms with Crippen molar-refractivity contribution >= 4 is 11.9 Å². The van der Waals surface area contributed by atoms with Crippen LogP contribution in [0.5, 0.6) is 5.75 Å². The molecule has 6 heteroatoms. The lowest BCUT2D eigenvalue weighted by atomic mass is 10.0. The van der Waals surface area contributed by atoms with Crippen LogP contribution in [0.15, 0.2) is 24.3 Å². The number of rotatable bonds is 8. The van der Waals surface area contributed by atoms with Crippen molar-refractivity contribution in [2.45, 2.75) is 41.0 Å². The van der Waals surface area contributed by atoms with Gasteiger partial charge in [-0.3, -0.25) is 4.79 Å². The van der Waals surface area contributed by atoms with E-state index in [-0.39, 0.29) is 11.9 Å². The third-order valence-corrected chi connectivity index (χ3v) is 4.44. The van der Waals surface area contributed by atoms with Crippen LogP contribution in [0.2, 0.25) is 0 Å². The minimum atomic E-state index is -0.0846. The summed E-state index contributed by atoms with van der Waals surface area (Å²) in [6.07, 6.45) is 0.982. The summed E-state index contributed by atoms with van der Waals surface area (Å²) < 4.78 is 5.86. The van der Waals surface area contributed by atoms with E-state index >= 15 is 0 Å². The van der Waals surface area contributed by atoms with Crippen molar-refractivity contribution < 1.29 is 9.53 Å². The van der Waals surface area contributed by atoms with Crippen LogP contribution in [-0.4, -0.2) is 40.5 Å². The fraction of sp³-hybridized carbons (Fsp3) is 0.476. The number of carbonyl (C=O) groups is 1. The van der Waals surface area contributed by atoms with Crippen LogP contribution in [0.1, 0.15) is 50.2 Å². The molecule has 0 radical (unpaired) electrons. The Kier molecular flexibility index (Phi) is 7.16. The quantitative estimate of drug-likeness (QED) is 0.761. The first-order valence-corrected chi connectivity index (χ1v) is 9.53. The fourth-order valence-corrected chi connectivity index (χ4v) is 2.87. The van der Waals surface area contributed by atoms with Crippen LogP contribution in [0.25, 0.3) is 11.3 Å². The fourth-order valence-electron chi connectivity index (χ4n) is 2.87. The summed E-state index contributed by atoms with van der Waals surface area (Å²) in [5, 5.41) is 0. The molecule has 0 saturated carbocycles. The first-order valence-electron chi connectivity index (χ1n) is 9.53. The van der Waals surface area contributed by atoms with Gasteiger partial charge in [0.1, 0.15) is 5.75 Å². The van der Waals surface area contributed by atoms with Gasteiger partial charge in [0.15, 0.2) is 0 Å². The molecule has 0 bridgehead atoms. The molecular weight excluding hydrogens is 340 g/mol. The number of aromatic nitrogens is 2. The van der Waals surface area contributed by atoms with E-state index in [2.05, 4.69) is 23.8 Å². The number of nitrogen functional groups attached to an aromatic ring is 1. The third-order valence-electron chi connectivity index (χ3n) is 4.44. The summed E-state index contributed by atoms with van der Waals surface area (Å²) in [6, 6.07) is 7.63. The number of amides is 1. The van der Waals surface area contributed by atoms with Crippen molar-refractivity contribution in [3.05, 3.63) is 35.5 Å². The second-order valence-corrected chi connectivity index (χ2v) is 6.93. The molecule has 0 fully saturated rings. The number of aryl methyl sites for hydroxylation is 1. The SMILES string of the molecule is CCN(CC)C(=O)c1c(C)nc(N)nc1-c1cccc(OCCC(C)C)c1. The minimum absolute atomic E-state index is 0.0846. The Morgan fingerprint density at radius 3 is 2.56 bits per heavy atom. The van der Waals surface area contributed by atoms with Crippen LogP contribution in [0.4, 0.5) is 5.95 Å². The summed E-state index contributed by atoms with van der Waals surface area (Å²) in [7, 11) is 0. The molecule has 6 nitrogen and oxygen atoms in total. The first kappa shape index (κ1) is 20.7. The average molecular weight is 370 g/mol. The Balaban J connectivity index is 2.44. The van der Waals surface area contributed by atoms with Gasteiger partial charge < -0.3 is 15.4 Å². The van der Waals surface area contributed by atoms with E-state index < -0.39 is 0 Å². The van der Waals surface area contributed by atoms with Crippen LogP contribution in [0.3, 0.4) is 0 Å². The van der Waals surface area contributed by atoms with Crippen molar-refractivity contribution in [3.63, 3.8) is 0 Å². The van der Waals surface area contributed by atoms with Gasteiger partial charge in [0.05, 0.1) is 23.6 Å². The van der Waals surface area contributed by atoms with Gasteiger partial charge in [-0.25, -0.2) is 9.97 Å². The Morgan fingerprint density at radius 1 is 1.22 bits per heavy atom. The lowest BCUT2D eigenvalue weighted by Crippen LogP contribution is -2.32. The molecule has 0 aliphatic heterocycles. The van der Waals surface area contributed by atoms with E-state index in [0.717, 1.165) is 17.7 Å². The summed E-state index contributed by atoms with van der Waals surface area (Å²) in [4.78, 5) is 23.4. The molecule has 1 heterocycles. The second kappa shape index (κ2) is 9.35. The Hall–Kier alpha value is -2.63. The van der Waals surface area contributed by atoms with Crippen LogP contribution in [-0.2, 0) is 0 Å². The number of hydrogen-bond acceptors (Lipinski definition) is 5. The molecule has 0 aliphatic carbocycles. The normalized spacial score (nSPS) is 10.9. The highest BCUT2D eigenvalue weighted by Crippen LogP contribution is 2.28. The van der Waals surface area contributed by atoms with Crippen molar-refractivity contribution in [1.82, 2.24) is 14.9 Å². The number of ether oxygens (including phenoxy) is 1. The molecule has 1 amide bonds. The summed E-state index contributed by atoms with van der Waals surface area (Å²) >= 11 is 0. The zero-order valence-electron chi connectivity index (χ0n) is 17.0. The summed E-state index contributed by atoms with van der Waals surface area (Å²) in [5.41, 5.74) is 8.30. The van der Waals surface area contributed by atoms with Gasteiger partial charge in [0.2, 0.25) is 5.95 Å². The molecule has 0 aliphatic rings. The van der Waals surface area contributed by atoms with Gasteiger partial charge in [0, 0.05) is 18.7 Å². The molecule has 0 atom stereocenters. The Labute approximate surface area is 161 Å².